The fourth-order valence-electron chi connectivity index (χ4n) is 5.15. The van der Waals surface area contributed by atoms with Crippen LogP contribution in [0, 0.1) is 0 Å². The van der Waals surface area contributed by atoms with E-state index in [-0.39, 0.29) is 24.2 Å². The first-order valence-electron chi connectivity index (χ1n) is 13.0. The molecule has 5 heterocycles. The average Bonchev–Trinajstić information content (AvgIpc) is 3.26. The van der Waals surface area contributed by atoms with Gasteiger partial charge in [-0.3, -0.25) is 14.8 Å². The van der Waals surface area contributed by atoms with Gasteiger partial charge in [0.25, 0.3) is 0 Å². The van der Waals surface area contributed by atoms with E-state index in [1.54, 1.807) is 12.1 Å². The Kier molecular flexibility index (Phi) is 8.20. The van der Waals surface area contributed by atoms with Crippen molar-refractivity contribution < 1.29 is 36.9 Å². The van der Waals surface area contributed by atoms with Crippen LogP contribution in [0.15, 0.2) is 24.5 Å². The van der Waals surface area contributed by atoms with Gasteiger partial charge in [0.1, 0.15) is 18.0 Å². The van der Waals surface area contributed by atoms with Crippen molar-refractivity contribution in [3.63, 3.8) is 0 Å². The number of nitrogens with one attached hydrogen (secondary N) is 1. The molecule has 3 aliphatic rings. The summed E-state index contributed by atoms with van der Waals surface area (Å²) in [7, 11) is 1.30. The van der Waals surface area contributed by atoms with Crippen molar-refractivity contribution in [2.24, 2.45) is 0 Å². The van der Waals surface area contributed by atoms with Crippen molar-refractivity contribution >= 4 is 11.8 Å². The second-order valence-corrected chi connectivity index (χ2v) is 10.5. The smallest absolute Gasteiger partial charge is 0.434 e. The van der Waals surface area contributed by atoms with Crippen LogP contribution in [0.4, 0.5) is 19.0 Å². The van der Waals surface area contributed by atoms with Gasteiger partial charge in [-0.2, -0.15) is 18.3 Å². The molecule has 15 heteroatoms. The van der Waals surface area contributed by atoms with E-state index in [0.29, 0.717) is 19.3 Å². The van der Waals surface area contributed by atoms with Crippen LogP contribution < -0.4 is 5.32 Å². The van der Waals surface area contributed by atoms with Crippen LogP contribution >= 0.6 is 0 Å². The number of fused-ring (bicyclic) bond motifs is 1. The lowest BCUT2D eigenvalue weighted by atomic mass is 9.97. The number of ether oxygens (including phenoxy) is 4. The highest BCUT2D eigenvalue weighted by molar-refractivity contribution is 5.86. The van der Waals surface area contributed by atoms with Gasteiger partial charge in [-0.15, -0.1) is 5.10 Å². The van der Waals surface area contributed by atoms with Crippen molar-refractivity contribution in [1.29, 1.82) is 0 Å². The largest absolute Gasteiger partial charge is 0.464 e. The van der Waals surface area contributed by atoms with E-state index in [1.165, 1.54) is 13.3 Å². The summed E-state index contributed by atoms with van der Waals surface area (Å²) < 4.78 is 62.5. The summed E-state index contributed by atoms with van der Waals surface area (Å²) in [6.45, 7) is 8.29. The number of methoxy groups -OCH3 is 1. The minimum Gasteiger partial charge on any atom is -0.464 e. The van der Waals surface area contributed by atoms with Crippen LogP contribution in [0.25, 0.3) is 0 Å². The summed E-state index contributed by atoms with van der Waals surface area (Å²) in [4.78, 5) is 23.4. The van der Waals surface area contributed by atoms with Crippen LogP contribution in [-0.2, 0) is 31.7 Å². The molecule has 3 fully saturated rings. The molecule has 0 radical (unpaired) electrons. The van der Waals surface area contributed by atoms with E-state index in [2.05, 4.69) is 40.0 Å². The van der Waals surface area contributed by atoms with Crippen molar-refractivity contribution in [3.05, 3.63) is 41.6 Å². The number of alkyl halides is 3. The number of carbonyl (C=O) groups excluding carboxylic acids is 1. The molecule has 4 atom stereocenters. The Morgan fingerprint density at radius 2 is 1.82 bits per heavy atom. The van der Waals surface area contributed by atoms with Crippen molar-refractivity contribution in [2.75, 3.05) is 51.8 Å². The highest BCUT2D eigenvalue weighted by atomic mass is 19.4. The number of rotatable bonds is 7. The quantitative estimate of drug-likeness (QED) is 0.489. The normalized spacial score (nSPS) is 27.2. The number of piperazine rings is 1. The molecule has 2 aromatic heterocycles. The SMILES string of the molecule is COC(=O)c1ccc(CN2CCN(C[C@H]3OC[C@H](Nc4cncc(C(F)(F)F)n4)[C@H]4OC(C)(C)O[C@H]43)CC2)nn1. The fraction of sp³-hybridized carbons (Fsp3) is 0.640. The molecule has 1 N–H and O–H groups in total. The zero-order valence-corrected chi connectivity index (χ0v) is 22.4. The van der Waals surface area contributed by atoms with E-state index in [9.17, 15) is 18.0 Å². The minimum atomic E-state index is -4.59. The molecule has 5 rings (SSSR count). The highest BCUT2D eigenvalue weighted by Crippen LogP contribution is 2.37. The number of halogens is 3. The lowest BCUT2D eigenvalue weighted by Crippen LogP contribution is -2.58. The van der Waals surface area contributed by atoms with Gasteiger partial charge < -0.3 is 24.3 Å². The Labute approximate surface area is 229 Å². The predicted molar refractivity (Wildman–Crippen MR) is 133 cm³/mol. The number of hydrogen-bond donors (Lipinski definition) is 1. The van der Waals surface area contributed by atoms with Gasteiger partial charge in [0.2, 0.25) is 0 Å². The molecule has 0 amide bonds. The molecular formula is C25H32F3N7O5. The number of nitrogens with zero attached hydrogens (tertiary/aromatic N) is 6. The molecule has 12 nitrogen and oxygen atoms in total. The zero-order chi connectivity index (χ0) is 28.5. The van der Waals surface area contributed by atoms with E-state index in [1.807, 2.05) is 13.8 Å². The maximum absolute atomic E-state index is 13.1. The number of carbonyl (C=O) groups is 1. The van der Waals surface area contributed by atoms with Gasteiger partial charge in [-0.05, 0) is 26.0 Å². The molecule has 0 unspecified atom stereocenters. The van der Waals surface area contributed by atoms with Gasteiger partial charge >= 0.3 is 12.1 Å². The Hall–Kier alpha value is -2.98. The number of hydrogen-bond acceptors (Lipinski definition) is 12. The minimum absolute atomic E-state index is 0.00493. The van der Waals surface area contributed by atoms with Gasteiger partial charge in [0, 0.05) is 39.3 Å². The van der Waals surface area contributed by atoms with Gasteiger partial charge in [0.05, 0.1) is 44.0 Å². The van der Waals surface area contributed by atoms with Gasteiger partial charge in [0.15, 0.2) is 17.2 Å². The van der Waals surface area contributed by atoms with Crippen LogP contribution in [-0.4, -0.2) is 113 Å². The molecule has 0 bridgehead atoms. The van der Waals surface area contributed by atoms with Crippen LogP contribution in [0.5, 0.6) is 0 Å². The highest BCUT2D eigenvalue weighted by Gasteiger charge is 2.52. The van der Waals surface area contributed by atoms with Crippen LogP contribution in [0.3, 0.4) is 0 Å². The Balaban J connectivity index is 1.16. The topological polar surface area (TPSA) is 124 Å². The summed E-state index contributed by atoms with van der Waals surface area (Å²) in [6.07, 6.45) is -3.80. The third-order valence-electron chi connectivity index (χ3n) is 7.08. The maximum atomic E-state index is 13.1. The zero-order valence-electron chi connectivity index (χ0n) is 22.4. The molecule has 3 saturated heterocycles. The predicted octanol–water partition coefficient (Wildman–Crippen LogP) is 1.59. The molecule has 0 aromatic carbocycles. The average molecular weight is 568 g/mol. The van der Waals surface area contributed by atoms with Crippen molar-refractivity contribution in [3.8, 4) is 0 Å². The van der Waals surface area contributed by atoms with Crippen molar-refractivity contribution in [1.82, 2.24) is 30.0 Å². The third-order valence-corrected chi connectivity index (χ3v) is 7.08. The van der Waals surface area contributed by atoms with E-state index < -0.39 is 41.9 Å². The summed E-state index contributed by atoms with van der Waals surface area (Å²) in [5, 5.41) is 11.1. The fourth-order valence-corrected chi connectivity index (χ4v) is 5.15. The number of anilines is 1. The summed E-state index contributed by atoms with van der Waals surface area (Å²) in [5.41, 5.74) is -0.136. The summed E-state index contributed by atoms with van der Waals surface area (Å²) in [5.74, 6) is -1.40. The maximum Gasteiger partial charge on any atom is 0.434 e. The second-order valence-electron chi connectivity index (χ2n) is 10.5. The molecular weight excluding hydrogens is 535 g/mol. The molecule has 3 aliphatic heterocycles. The Morgan fingerprint density at radius 3 is 2.50 bits per heavy atom. The first-order valence-corrected chi connectivity index (χ1v) is 13.0. The monoisotopic (exact) mass is 567 g/mol. The first kappa shape index (κ1) is 28.5. The Morgan fingerprint density at radius 1 is 1.10 bits per heavy atom. The lowest BCUT2D eigenvalue weighted by molar-refractivity contribution is -0.156. The Bertz CT molecular complexity index is 1180. The molecule has 2 aromatic rings. The molecule has 40 heavy (non-hydrogen) atoms. The van der Waals surface area contributed by atoms with E-state index in [0.717, 1.165) is 31.9 Å². The van der Waals surface area contributed by atoms with Gasteiger partial charge in [-0.25, -0.2) is 9.78 Å². The van der Waals surface area contributed by atoms with E-state index in [4.69, 9.17) is 14.2 Å². The summed E-state index contributed by atoms with van der Waals surface area (Å²) in [6, 6.07) is 2.91. The molecule has 0 aliphatic carbocycles. The van der Waals surface area contributed by atoms with E-state index >= 15 is 0 Å². The third kappa shape index (κ3) is 6.66. The molecule has 218 valence electrons. The molecule has 0 spiro atoms. The number of esters is 1. The van der Waals surface area contributed by atoms with Crippen LogP contribution in [0.2, 0.25) is 0 Å². The van der Waals surface area contributed by atoms with Crippen LogP contribution in [0.1, 0.15) is 35.7 Å². The van der Waals surface area contributed by atoms with Crippen molar-refractivity contribution in [2.45, 2.75) is 56.7 Å². The number of aromatic nitrogens is 4. The first-order chi connectivity index (χ1) is 19.0. The summed E-state index contributed by atoms with van der Waals surface area (Å²) >= 11 is 0. The standard InChI is InChI=1S/C25H32F3N7O5/c1-24(2)39-21-17(30-20-11-29-10-19(31-20)25(26,27)28)14-38-18(22(21)40-24)13-35-8-6-34(7-9-35)12-15-4-5-16(33-32-15)23(36)37-3/h4-5,10-11,17-18,21-22H,6-9,12-14H2,1-3H3,(H,30,31)/t17-,18+,21+,22-/m0/s1. The van der Waals surface area contributed by atoms with Gasteiger partial charge in [-0.1, -0.05) is 0 Å². The lowest BCUT2D eigenvalue weighted by Gasteiger charge is -2.41. The molecule has 0 saturated carbocycles. The second kappa shape index (κ2) is 11.5.